The SMILES string of the molecule is N[C@@H](C[SeH])C(=O)OI. The van der Waals surface area contributed by atoms with Crippen molar-refractivity contribution >= 4 is 45.0 Å². The molecule has 0 bridgehead atoms. The van der Waals surface area contributed by atoms with E-state index in [0.29, 0.717) is 5.32 Å². The van der Waals surface area contributed by atoms with Gasteiger partial charge in [0.15, 0.2) is 0 Å². The summed E-state index contributed by atoms with van der Waals surface area (Å²) >= 11 is 3.75. The molecule has 0 spiro atoms. The predicted molar refractivity (Wildman–Crippen MR) is 40.0 cm³/mol. The van der Waals surface area contributed by atoms with Crippen molar-refractivity contribution in [1.29, 1.82) is 0 Å². The summed E-state index contributed by atoms with van der Waals surface area (Å²) in [6.07, 6.45) is 0. The van der Waals surface area contributed by atoms with Crippen LogP contribution in [-0.4, -0.2) is 28.0 Å². The van der Waals surface area contributed by atoms with Gasteiger partial charge < -0.3 is 0 Å². The van der Waals surface area contributed by atoms with Gasteiger partial charge in [-0.3, -0.25) is 0 Å². The van der Waals surface area contributed by atoms with Gasteiger partial charge in [-0.05, 0) is 0 Å². The van der Waals surface area contributed by atoms with Crippen LogP contribution < -0.4 is 5.73 Å². The molecule has 0 radical (unpaired) electrons. The third kappa shape index (κ3) is 2.86. The standard InChI is InChI=1S/C3H6INO2Se/c4-7-3(6)2(5)1-8/h2,8H,1,5H2/t2-/m0/s1. The van der Waals surface area contributed by atoms with Crippen molar-refractivity contribution in [2.45, 2.75) is 11.4 Å². The van der Waals surface area contributed by atoms with Gasteiger partial charge >= 0.3 is 69.9 Å². The molecule has 0 saturated carbocycles. The van der Waals surface area contributed by atoms with Gasteiger partial charge in [0.05, 0.1) is 0 Å². The summed E-state index contributed by atoms with van der Waals surface area (Å²) in [6.45, 7) is 0. The maximum absolute atomic E-state index is 10.4. The number of halogens is 1. The molecule has 0 aliphatic heterocycles. The number of hydrogen-bond acceptors (Lipinski definition) is 3. The molecule has 0 aliphatic carbocycles. The van der Waals surface area contributed by atoms with E-state index >= 15 is 0 Å². The molecule has 3 nitrogen and oxygen atoms in total. The zero-order valence-electron chi connectivity index (χ0n) is 4.00. The van der Waals surface area contributed by atoms with Gasteiger partial charge in [0.2, 0.25) is 0 Å². The van der Waals surface area contributed by atoms with Crippen molar-refractivity contribution in [1.82, 2.24) is 0 Å². The van der Waals surface area contributed by atoms with E-state index in [-0.39, 0.29) is 5.97 Å². The number of carbonyl (C=O) groups excluding carboxylic acids is 1. The third-order valence-electron chi connectivity index (χ3n) is 0.575. The molecule has 0 aromatic heterocycles. The van der Waals surface area contributed by atoms with Crippen LogP contribution in [0.2, 0.25) is 5.32 Å². The first-order valence-corrected chi connectivity index (χ1v) is 4.12. The zero-order chi connectivity index (χ0) is 6.57. The third-order valence-corrected chi connectivity index (χ3v) is 1.83. The summed E-state index contributed by atoms with van der Waals surface area (Å²) in [5, 5.41) is 0.564. The second-order valence-corrected chi connectivity index (χ2v) is 2.39. The fraction of sp³-hybridized carbons (Fsp3) is 0.667. The van der Waals surface area contributed by atoms with Crippen molar-refractivity contribution in [2.24, 2.45) is 5.73 Å². The number of rotatable bonds is 2. The Morgan fingerprint density at radius 1 is 2.00 bits per heavy atom. The molecule has 48 valence electrons. The molecular formula is C3H6INO2Se. The van der Waals surface area contributed by atoms with E-state index in [2.05, 4.69) is 19.1 Å². The van der Waals surface area contributed by atoms with E-state index < -0.39 is 6.04 Å². The molecule has 0 aromatic carbocycles. The van der Waals surface area contributed by atoms with Gasteiger partial charge in [0.1, 0.15) is 0 Å². The van der Waals surface area contributed by atoms with Gasteiger partial charge in [-0.1, -0.05) is 0 Å². The molecular weight excluding hydrogens is 288 g/mol. The van der Waals surface area contributed by atoms with Crippen molar-refractivity contribution < 1.29 is 7.86 Å². The fourth-order valence-corrected chi connectivity index (χ4v) is 0.771. The van der Waals surface area contributed by atoms with E-state index in [1.165, 1.54) is 23.0 Å². The predicted octanol–water partition coefficient (Wildman–Crippen LogP) is -0.474. The van der Waals surface area contributed by atoms with Crippen LogP contribution in [-0.2, 0) is 7.86 Å². The summed E-state index contributed by atoms with van der Waals surface area (Å²) in [4.78, 5) is 10.4. The van der Waals surface area contributed by atoms with Crippen LogP contribution in [0, 0.1) is 0 Å². The van der Waals surface area contributed by atoms with Crippen molar-refractivity contribution in [3.05, 3.63) is 0 Å². The van der Waals surface area contributed by atoms with Crippen LogP contribution in [0.25, 0.3) is 0 Å². The molecule has 0 aromatic rings. The first-order valence-electron chi connectivity index (χ1n) is 1.91. The Morgan fingerprint density at radius 3 is 2.62 bits per heavy atom. The molecule has 5 heteroatoms. The van der Waals surface area contributed by atoms with E-state index in [9.17, 15) is 4.79 Å². The Kier molecular flexibility index (Phi) is 4.93. The Bertz CT molecular complexity index is 89.4. The molecule has 0 heterocycles. The van der Waals surface area contributed by atoms with Crippen LogP contribution in [0.1, 0.15) is 0 Å². The summed E-state index contributed by atoms with van der Waals surface area (Å²) in [5.74, 6) is -0.369. The second kappa shape index (κ2) is 4.55. The Labute approximate surface area is 69.8 Å². The Morgan fingerprint density at radius 2 is 2.50 bits per heavy atom. The summed E-state index contributed by atoms with van der Waals surface area (Å²) in [7, 11) is 0. The average molecular weight is 294 g/mol. The van der Waals surface area contributed by atoms with Crippen molar-refractivity contribution in [2.75, 3.05) is 0 Å². The zero-order valence-corrected chi connectivity index (χ0v) is 8.04. The molecule has 0 rings (SSSR count). The van der Waals surface area contributed by atoms with Crippen molar-refractivity contribution in [3.8, 4) is 0 Å². The van der Waals surface area contributed by atoms with E-state index in [4.69, 9.17) is 5.73 Å². The second-order valence-electron chi connectivity index (χ2n) is 1.19. The number of hydrogen-bond donors (Lipinski definition) is 1. The number of nitrogens with two attached hydrogens (primary N) is 1. The fourth-order valence-electron chi connectivity index (χ4n) is 0.132. The minimum absolute atomic E-state index is 0.369. The molecule has 0 unspecified atom stereocenters. The molecule has 0 saturated heterocycles. The van der Waals surface area contributed by atoms with E-state index in [0.717, 1.165) is 0 Å². The number of carbonyl (C=O) groups is 1. The van der Waals surface area contributed by atoms with Crippen LogP contribution in [0.3, 0.4) is 0 Å². The van der Waals surface area contributed by atoms with Gasteiger partial charge in [-0.15, -0.1) is 0 Å². The molecule has 1 atom stereocenters. The average Bonchev–Trinajstić information content (AvgIpc) is 1.84. The van der Waals surface area contributed by atoms with Gasteiger partial charge in [-0.25, -0.2) is 0 Å². The van der Waals surface area contributed by atoms with Gasteiger partial charge in [0, 0.05) is 0 Å². The van der Waals surface area contributed by atoms with Gasteiger partial charge in [0.25, 0.3) is 0 Å². The molecule has 0 aliphatic rings. The first-order chi connectivity index (χ1) is 3.72. The topological polar surface area (TPSA) is 52.3 Å². The van der Waals surface area contributed by atoms with Crippen LogP contribution in [0.4, 0.5) is 0 Å². The molecule has 0 amide bonds. The van der Waals surface area contributed by atoms with Crippen LogP contribution in [0.15, 0.2) is 0 Å². The molecule has 8 heavy (non-hydrogen) atoms. The Balaban J connectivity index is 3.46. The van der Waals surface area contributed by atoms with Crippen LogP contribution in [0.5, 0.6) is 0 Å². The van der Waals surface area contributed by atoms with Crippen LogP contribution >= 0.6 is 23.0 Å². The Hall–Kier alpha value is 0.679. The van der Waals surface area contributed by atoms with Crippen molar-refractivity contribution in [3.63, 3.8) is 0 Å². The van der Waals surface area contributed by atoms with E-state index in [1.807, 2.05) is 0 Å². The molecule has 2 N–H and O–H groups in total. The first kappa shape index (κ1) is 8.68. The quantitative estimate of drug-likeness (QED) is 0.553. The maximum atomic E-state index is 10.4. The summed E-state index contributed by atoms with van der Waals surface area (Å²) in [5.41, 5.74) is 5.23. The van der Waals surface area contributed by atoms with E-state index in [1.54, 1.807) is 0 Å². The summed E-state index contributed by atoms with van der Waals surface area (Å²) in [6, 6.07) is -0.480. The van der Waals surface area contributed by atoms with Gasteiger partial charge in [-0.2, -0.15) is 0 Å². The molecule has 0 fully saturated rings. The minimum atomic E-state index is -0.480. The monoisotopic (exact) mass is 295 g/mol. The normalized spacial score (nSPS) is 12.9. The summed E-state index contributed by atoms with van der Waals surface area (Å²) < 4.78 is 4.30.